The monoisotopic (exact) mass is 393 g/mol. The summed E-state index contributed by atoms with van der Waals surface area (Å²) in [7, 11) is 0. The predicted molar refractivity (Wildman–Crippen MR) is 113 cm³/mol. The standard InChI is InChI=1S/C23H27N3O3/c1-2-29-21-11-7-6-10-20(21)26-23(28)19-14-18(15-24-16-19)22(27)25-13-12-17-8-4-3-5-9-17/h6-8,10-11,14-16H,2-5,9,12-13H2,1H3,(H,25,27)(H,26,28). The van der Waals surface area contributed by atoms with Crippen LogP contribution >= 0.6 is 0 Å². The van der Waals surface area contributed by atoms with Gasteiger partial charge in [-0.3, -0.25) is 14.6 Å². The number of benzene rings is 1. The molecule has 0 bridgehead atoms. The highest BCUT2D eigenvalue weighted by atomic mass is 16.5. The van der Waals surface area contributed by atoms with Crippen molar-refractivity contribution in [3.8, 4) is 5.75 Å². The van der Waals surface area contributed by atoms with E-state index in [4.69, 9.17) is 4.74 Å². The average molecular weight is 393 g/mol. The van der Waals surface area contributed by atoms with E-state index in [1.807, 2.05) is 19.1 Å². The summed E-state index contributed by atoms with van der Waals surface area (Å²) in [5.41, 5.74) is 2.68. The quantitative estimate of drug-likeness (QED) is 0.653. The Morgan fingerprint density at radius 1 is 1.10 bits per heavy atom. The molecule has 0 atom stereocenters. The molecule has 1 aliphatic carbocycles. The van der Waals surface area contributed by atoms with Gasteiger partial charge in [0.15, 0.2) is 0 Å². The lowest BCUT2D eigenvalue weighted by molar-refractivity contribution is 0.0953. The fraction of sp³-hybridized carbons (Fsp3) is 0.348. The second-order valence-corrected chi connectivity index (χ2v) is 6.96. The summed E-state index contributed by atoms with van der Waals surface area (Å²) in [6, 6.07) is 8.79. The van der Waals surface area contributed by atoms with E-state index < -0.39 is 0 Å². The molecule has 152 valence electrons. The summed E-state index contributed by atoms with van der Waals surface area (Å²) in [5, 5.41) is 5.74. The highest BCUT2D eigenvalue weighted by Crippen LogP contribution is 2.24. The van der Waals surface area contributed by atoms with Crippen LogP contribution in [0.15, 0.2) is 54.4 Å². The van der Waals surface area contributed by atoms with Crippen LogP contribution in [0.4, 0.5) is 5.69 Å². The van der Waals surface area contributed by atoms with Crippen molar-refractivity contribution in [1.82, 2.24) is 10.3 Å². The van der Waals surface area contributed by atoms with Gasteiger partial charge in [0.25, 0.3) is 11.8 Å². The molecule has 2 N–H and O–H groups in total. The number of anilines is 1. The van der Waals surface area contributed by atoms with Gasteiger partial charge in [0.1, 0.15) is 5.75 Å². The second kappa shape index (κ2) is 10.4. The van der Waals surface area contributed by atoms with Crippen molar-refractivity contribution in [3.63, 3.8) is 0 Å². The first-order chi connectivity index (χ1) is 14.2. The smallest absolute Gasteiger partial charge is 0.257 e. The van der Waals surface area contributed by atoms with Crippen LogP contribution < -0.4 is 15.4 Å². The Morgan fingerprint density at radius 2 is 1.90 bits per heavy atom. The number of nitrogens with one attached hydrogen (secondary N) is 2. The number of para-hydroxylation sites is 2. The highest BCUT2D eigenvalue weighted by molar-refractivity contribution is 6.06. The summed E-state index contributed by atoms with van der Waals surface area (Å²) in [4.78, 5) is 29.1. The van der Waals surface area contributed by atoms with E-state index in [1.54, 1.807) is 18.2 Å². The zero-order chi connectivity index (χ0) is 20.5. The van der Waals surface area contributed by atoms with Crippen molar-refractivity contribution in [3.05, 3.63) is 65.5 Å². The van der Waals surface area contributed by atoms with E-state index in [0.29, 0.717) is 35.7 Å². The zero-order valence-electron chi connectivity index (χ0n) is 16.7. The van der Waals surface area contributed by atoms with Crippen LogP contribution in [0.25, 0.3) is 0 Å². The molecule has 6 nitrogen and oxygen atoms in total. The van der Waals surface area contributed by atoms with E-state index in [1.165, 1.54) is 30.8 Å². The van der Waals surface area contributed by atoms with E-state index in [9.17, 15) is 9.59 Å². The summed E-state index contributed by atoms with van der Waals surface area (Å²) < 4.78 is 5.53. The first-order valence-electron chi connectivity index (χ1n) is 10.1. The van der Waals surface area contributed by atoms with Crippen molar-refractivity contribution >= 4 is 17.5 Å². The molecule has 0 fully saturated rings. The number of aromatic nitrogens is 1. The predicted octanol–water partition coefficient (Wildman–Crippen LogP) is 4.35. The van der Waals surface area contributed by atoms with Crippen LogP contribution in [0.1, 0.15) is 59.7 Å². The highest BCUT2D eigenvalue weighted by Gasteiger charge is 2.13. The molecule has 6 heteroatoms. The van der Waals surface area contributed by atoms with Gasteiger partial charge in [-0.1, -0.05) is 23.8 Å². The van der Waals surface area contributed by atoms with Crippen molar-refractivity contribution in [2.45, 2.75) is 39.0 Å². The largest absolute Gasteiger partial charge is 0.492 e. The molecule has 0 aliphatic heterocycles. The number of carbonyl (C=O) groups is 2. The fourth-order valence-electron chi connectivity index (χ4n) is 3.30. The van der Waals surface area contributed by atoms with Gasteiger partial charge >= 0.3 is 0 Å². The first-order valence-corrected chi connectivity index (χ1v) is 10.1. The van der Waals surface area contributed by atoms with Crippen molar-refractivity contribution in [1.29, 1.82) is 0 Å². The topological polar surface area (TPSA) is 80.3 Å². The van der Waals surface area contributed by atoms with Gasteiger partial charge in [-0.05, 0) is 57.2 Å². The van der Waals surface area contributed by atoms with Crippen molar-refractivity contribution in [2.75, 3.05) is 18.5 Å². The average Bonchev–Trinajstić information content (AvgIpc) is 2.76. The number of rotatable bonds is 8. The Bertz CT molecular complexity index is 892. The van der Waals surface area contributed by atoms with Crippen LogP contribution in [0.5, 0.6) is 5.75 Å². The number of carbonyl (C=O) groups excluding carboxylic acids is 2. The van der Waals surface area contributed by atoms with Crippen LogP contribution in [-0.2, 0) is 0 Å². The van der Waals surface area contributed by atoms with Crippen LogP contribution in [0, 0.1) is 0 Å². The van der Waals surface area contributed by atoms with E-state index >= 15 is 0 Å². The van der Waals surface area contributed by atoms with Gasteiger partial charge in [0, 0.05) is 18.9 Å². The van der Waals surface area contributed by atoms with Gasteiger partial charge in [-0.15, -0.1) is 0 Å². The molecule has 0 saturated carbocycles. The molecule has 0 spiro atoms. The maximum absolute atomic E-state index is 12.6. The molecule has 1 heterocycles. The lowest BCUT2D eigenvalue weighted by atomic mass is 9.97. The molecule has 1 aromatic heterocycles. The minimum Gasteiger partial charge on any atom is -0.492 e. The summed E-state index contributed by atoms with van der Waals surface area (Å²) >= 11 is 0. The molecule has 3 rings (SSSR count). The lowest BCUT2D eigenvalue weighted by Crippen LogP contribution is -2.25. The number of hydrogen-bond acceptors (Lipinski definition) is 4. The van der Waals surface area contributed by atoms with Gasteiger partial charge in [0.05, 0.1) is 23.4 Å². The Hall–Kier alpha value is -3.15. The molecule has 1 aromatic carbocycles. The number of nitrogens with zero attached hydrogens (tertiary/aromatic N) is 1. The Labute approximate surface area is 171 Å². The molecule has 29 heavy (non-hydrogen) atoms. The molecule has 2 amide bonds. The normalized spacial score (nSPS) is 13.3. The summed E-state index contributed by atoms with van der Waals surface area (Å²) in [5.74, 6) is 0.0344. The Balaban J connectivity index is 1.60. The maximum Gasteiger partial charge on any atom is 0.257 e. The third kappa shape index (κ3) is 5.91. The SMILES string of the molecule is CCOc1ccccc1NC(=O)c1cncc(C(=O)NCCC2=CCCCC2)c1. The molecule has 0 saturated heterocycles. The summed E-state index contributed by atoms with van der Waals surface area (Å²) in [6.45, 7) is 2.97. The minimum absolute atomic E-state index is 0.224. The lowest BCUT2D eigenvalue weighted by Gasteiger charge is -2.13. The maximum atomic E-state index is 12.6. The van der Waals surface area contributed by atoms with Gasteiger partial charge in [-0.25, -0.2) is 0 Å². The van der Waals surface area contributed by atoms with E-state index in [-0.39, 0.29) is 11.8 Å². The summed E-state index contributed by atoms with van der Waals surface area (Å²) in [6.07, 6.45) is 10.8. The van der Waals surface area contributed by atoms with Crippen LogP contribution in [0.2, 0.25) is 0 Å². The second-order valence-electron chi connectivity index (χ2n) is 6.96. The molecule has 1 aliphatic rings. The number of pyridine rings is 1. The fourth-order valence-corrected chi connectivity index (χ4v) is 3.30. The zero-order valence-corrected chi connectivity index (χ0v) is 16.7. The number of allylic oxidation sites excluding steroid dienone is 1. The molecule has 2 aromatic rings. The van der Waals surface area contributed by atoms with Crippen molar-refractivity contribution in [2.24, 2.45) is 0 Å². The van der Waals surface area contributed by atoms with Crippen LogP contribution in [0.3, 0.4) is 0 Å². The molecule has 0 unspecified atom stereocenters. The van der Waals surface area contributed by atoms with E-state index in [2.05, 4.69) is 21.7 Å². The Kier molecular flexibility index (Phi) is 7.39. The molecular formula is C23H27N3O3. The third-order valence-corrected chi connectivity index (χ3v) is 4.81. The van der Waals surface area contributed by atoms with E-state index in [0.717, 1.165) is 19.3 Å². The van der Waals surface area contributed by atoms with Gasteiger partial charge < -0.3 is 15.4 Å². The molecular weight excluding hydrogens is 366 g/mol. The van der Waals surface area contributed by atoms with Crippen LogP contribution in [-0.4, -0.2) is 29.9 Å². The number of hydrogen-bond donors (Lipinski definition) is 2. The number of ether oxygens (including phenoxy) is 1. The minimum atomic E-state index is -0.341. The van der Waals surface area contributed by atoms with Crippen molar-refractivity contribution < 1.29 is 14.3 Å². The Morgan fingerprint density at radius 3 is 2.66 bits per heavy atom. The number of amides is 2. The van der Waals surface area contributed by atoms with Gasteiger partial charge in [0.2, 0.25) is 0 Å². The molecule has 0 radical (unpaired) electrons. The first kappa shape index (κ1) is 20.6. The third-order valence-electron chi connectivity index (χ3n) is 4.81. The van der Waals surface area contributed by atoms with Gasteiger partial charge in [-0.2, -0.15) is 0 Å².